The normalized spacial score (nSPS) is 10.1. The molecule has 0 bridgehead atoms. The maximum absolute atomic E-state index is 5.90. The SMILES string of the molecule is Nc1cc(Nc2ccc(Cl)c(Br)c2)ccn1. The van der Waals surface area contributed by atoms with E-state index in [0.29, 0.717) is 10.8 Å². The minimum Gasteiger partial charge on any atom is -0.384 e. The number of anilines is 3. The summed E-state index contributed by atoms with van der Waals surface area (Å²) in [5.41, 5.74) is 7.41. The summed E-state index contributed by atoms with van der Waals surface area (Å²) in [7, 11) is 0. The zero-order valence-electron chi connectivity index (χ0n) is 8.24. The molecule has 3 nitrogen and oxygen atoms in total. The van der Waals surface area contributed by atoms with Crippen LogP contribution in [0.25, 0.3) is 0 Å². The third-order valence-electron chi connectivity index (χ3n) is 1.99. The van der Waals surface area contributed by atoms with Crippen molar-refractivity contribution in [2.45, 2.75) is 0 Å². The van der Waals surface area contributed by atoms with E-state index in [9.17, 15) is 0 Å². The van der Waals surface area contributed by atoms with Gasteiger partial charge < -0.3 is 11.1 Å². The largest absolute Gasteiger partial charge is 0.384 e. The minimum atomic E-state index is 0.484. The Balaban J connectivity index is 2.24. The first-order chi connectivity index (χ1) is 7.65. The molecule has 0 aliphatic heterocycles. The highest BCUT2D eigenvalue weighted by atomic mass is 79.9. The van der Waals surface area contributed by atoms with Gasteiger partial charge in [-0.25, -0.2) is 4.98 Å². The Hall–Kier alpha value is -1.26. The zero-order chi connectivity index (χ0) is 11.5. The molecule has 0 radical (unpaired) electrons. The lowest BCUT2D eigenvalue weighted by Crippen LogP contribution is -1.94. The summed E-state index contributed by atoms with van der Waals surface area (Å²) in [6, 6.07) is 9.22. The zero-order valence-corrected chi connectivity index (χ0v) is 10.6. The molecule has 0 atom stereocenters. The summed E-state index contributed by atoms with van der Waals surface area (Å²) in [6.45, 7) is 0. The smallest absolute Gasteiger partial charge is 0.125 e. The van der Waals surface area contributed by atoms with Crippen molar-refractivity contribution in [3.8, 4) is 0 Å². The van der Waals surface area contributed by atoms with E-state index in [1.165, 1.54) is 0 Å². The van der Waals surface area contributed by atoms with Gasteiger partial charge in [0.2, 0.25) is 0 Å². The van der Waals surface area contributed by atoms with Gasteiger partial charge in [-0.3, -0.25) is 0 Å². The quantitative estimate of drug-likeness (QED) is 0.886. The second-order valence-electron chi connectivity index (χ2n) is 3.22. The third kappa shape index (κ3) is 2.65. The van der Waals surface area contributed by atoms with E-state index in [0.717, 1.165) is 15.8 Å². The van der Waals surface area contributed by atoms with Crippen molar-refractivity contribution < 1.29 is 0 Å². The molecule has 1 aromatic carbocycles. The number of hydrogen-bond acceptors (Lipinski definition) is 3. The van der Waals surface area contributed by atoms with Crippen LogP contribution in [0.3, 0.4) is 0 Å². The Labute approximate surface area is 107 Å². The molecule has 0 unspecified atom stereocenters. The number of hydrogen-bond donors (Lipinski definition) is 2. The maximum Gasteiger partial charge on any atom is 0.125 e. The van der Waals surface area contributed by atoms with E-state index in [1.807, 2.05) is 24.3 Å². The lowest BCUT2D eigenvalue weighted by Gasteiger charge is -2.07. The highest BCUT2D eigenvalue weighted by Gasteiger charge is 2.00. The van der Waals surface area contributed by atoms with Gasteiger partial charge in [0.1, 0.15) is 5.82 Å². The number of nitrogen functional groups attached to an aromatic ring is 1. The fourth-order valence-electron chi connectivity index (χ4n) is 1.27. The first-order valence-electron chi connectivity index (χ1n) is 4.59. The second-order valence-corrected chi connectivity index (χ2v) is 4.48. The fourth-order valence-corrected chi connectivity index (χ4v) is 1.76. The number of pyridine rings is 1. The molecule has 0 aliphatic carbocycles. The summed E-state index contributed by atoms with van der Waals surface area (Å²) in [4.78, 5) is 3.92. The van der Waals surface area contributed by atoms with Crippen molar-refractivity contribution in [1.82, 2.24) is 4.98 Å². The Bertz CT molecular complexity index is 516. The summed E-state index contributed by atoms with van der Waals surface area (Å²) in [5, 5.41) is 3.88. The number of rotatable bonds is 2. The summed E-state index contributed by atoms with van der Waals surface area (Å²) in [6.07, 6.45) is 1.66. The molecular weight excluding hydrogens is 289 g/mol. The Morgan fingerprint density at radius 2 is 1.94 bits per heavy atom. The molecule has 82 valence electrons. The summed E-state index contributed by atoms with van der Waals surface area (Å²) in [5.74, 6) is 0.484. The maximum atomic E-state index is 5.90. The molecule has 0 amide bonds. The number of benzene rings is 1. The van der Waals surface area contributed by atoms with Crippen LogP contribution in [0.1, 0.15) is 0 Å². The highest BCUT2D eigenvalue weighted by molar-refractivity contribution is 9.10. The van der Waals surface area contributed by atoms with Gasteiger partial charge in [0.05, 0.1) is 5.02 Å². The first-order valence-corrected chi connectivity index (χ1v) is 5.76. The molecule has 0 aliphatic rings. The number of nitrogens with two attached hydrogens (primary N) is 1. The van der Waals surface area contributed by atoms with Crippen LogP contribution in [0.5, 0.6) is 0 Å². The lowest BCUT2D eigenvalue weighted by molar-refractivity contribution is 1.33. The van der Waals surface area contributed by atoms with Crippen LogP contribution in [0.4, 0.5) is 17.2 Å². The molecule has 1 heterocycles. The molecule has 0 fully saturated rings. The van der Waals surface area contributed by atoms with Crippen molar-refractivity contribution in [2.24, 2.45) is 0 Å². The van der Waals surface area contributed by atoms with E-state index in [2.05, 4.69) is 26.2 Å². The Kier molecular flexibility index (Phi) is 3.31. The van der Waals surface area contributed by atoms with Crippen LogP contribution in [0.15, 0.2) is 41.0 Å². The van der Waals surface area contributed by atoms with Crippen LogP contribution in [0, 0.1) is 0 Å². The molecule has 2 aromatic rings. The van der Waals surface area contributed by atoms with Crippen LogP contribution in [0.2, 0.25) is 5.02 Å². The summed E-state index contributed by atoms with van der Waals surface area (Å²) >= 11 is 9.27. The average molecular weight is 299 g/mol. The molecular formula is C11H9BrClN3. The monoisotopic (exact) mass is 297 g/mol. The minimum absolute atomic E-state index is 0.484. The highest BCUT2D eigenvalue weighted by Crippen LogP contribution is 2.27. The fraction of sp³-hybridized carbons (Fsp3) is 0. The number of nitrogens with zero attached hydrogens (tertiary/aromatic N) is 1. The van der Waals surface area contributed by atoms with Gasteiger partial charge in [-0.2, -0.15) is 0 Å². The predicted octanol–water partition coefficient (Wildman–Crippen LogP) is 3.82. The van der Waals surface area contributed by atoms with Crippen molar-refractivity contribution >= 4 is 44.7 Å². The third-order valence-corrected chi connectivity index (χ3v) is 3.20. The molecule has 0 spiro atoms. The Morgan fingerprint density at radius 1 is 1.19 bits per heavy atom. The van der Waals surface area contributed by atoms with Gasteiger partial charge >= 0.3 is 0 Å². The molecule has 3 N–H and O–H groups in total. The van der Waals surface area contributed by atoms with Crippen molar-refractivity contribution in [1.29, 1.82) is 0 Å². The van der Waals surface area contributed by atoms with Gasteiger partial charge in [-0.05, 0) is 40.2 Å². The van der Waals surface area contributed by atoms with Crippen molar-refractivity contribution in [2.75, 3.05) is 11.1 Å². The standard InChI is InChI=1S/C11H9BrClN3/c12-9-5-7(1-2-10(9)13)16-8-3-4-15-11(14)6-8/h1-6H,(H3,14,15,16). The van der Waals surface area contributed by atoms with E-state index in [-0.39, 0.29) is 0 Å². The van der Waals surface area contributed by atoms with Gasteiger partial charge in [0.15, 0.2) is 0 Å². The lowest BCUT2D eigenvalue weighted by atomic mass is 10.3. The first kappa shape index (κ1) is 11.2. The molecule has 0 saturated carbocycles. The van der Waals surface area contributed by atoms with Crippen molar-refractivity contribution in [3.63, 3.8) is 0 Å². The number of nitrogens with one attached hydrogen (secondary N) is 1. The molecule has 2 rings (SSSR count). The van der Waals surface area contributed by atoms with E-state index in [1.54, 1.807) is 12.3 Å². The predicted molar refractivity (Wildman–Crippen MR) is 71.1 cm³/mol. The van der Waals surface area contributed by atoms with Gasteiger partial charge in [-0.1, -0.05) is 11.6 Å². The second kappa shape index (κ2) is 4.72. The molecule has 1 aromatic heterocycles. The number of halogens is 2. The summed E-state index contributed by atoms with van der Waals surface area (Å²) < 4.78 is 0.848. The van der Waals surface area contributed by atoms with Crippen LogP contribution < -0.4 is 11.1 Å². The number of aromatic nitrogens is 1. The van der Waals surface area contributed by atoms with E-state index >= 15 is 0 Å². The average Bonchev–Trinajstić information content (AvgIpc) is 2.24. The van der Waals surface area contributed by atoms with Gasteiger partial charge in [0.25, 0.3) is 0 Å². The van der Waals surface area contributed by atoms with Crippen LogP contribution in [-0.4, -0.2) is 4.98 Å². The van der Waals surface area contributed by atoms with Crippen LogP contribution >= 0.6 is 27.5 Å². The van der Waals surface area contributed by atoms with Gasteiger partial charge in [0, 0.05) is 28.1 Å². The van der Waals surface area contributed by atoms with Crippen molar-refractivity contribution in [3.05, 3.63) is 46.0 Å². The Morgan fingerprint density at radius 3 is 2.62 bits per heavy atom. The molecule has 5 heteroatoms. The van der Waals surface area contributed by atoms with Crippen LogP contribution in [-0.2, 0) is 0 Å². The topological polar surface area (TPSA) is 50.9 Å². The van der Waals surface area contributed by atoms with E-state index in [4.69, 9.17) is 17.3 Å². The molecule has 0 saturated heterocycles. The molecule has 16 heavy (non-hydrogen) atoms. The van der Waals surface area contributed by atoms with Gasteiger partial charge in [-0.15, -0.1) is 0 Å². The van der Waals surface area contributed by atoms with E-state index < -0.39 is 0 Å².